The van der Waals surface area contributed by atoms with E-state index < -0.39 is 35.8 Å². The van der Waals surface area contributed by atoms with Crippen LogP contribution in [0.25, 0.3) is 0 Å². The Labute approximate surface area is 142 Å². The molecule has 0 fully saturated rings. The molecule has 0 saturated carbocycles. The van der Waals surface area contributed by atoms with Crippen LogP contribution in [0.4, 0.5) is 13.2 Å². The summed E-state index contributed by atoms with van der Waals surface area (Å²) in [6, 6.07) is 9.60. The van der Waals surface area contributed by atoms with Gasteiger partial charge in [0.25, 0.3) is 0 Å². The Kier molecular flexibility index (Phi) is 7.30. The number of carbonyl (C=O) groups is 1. The molecule has 0 bridgehead atoms. The van der Waals surface area contributed by atoms with Crippen molar-refractivity contribution in [3.05, 3.63) is 35.9 Å². The number of carbonyl (C=O) groups excluding carboxylic acids is 1. The van der Waals surface area contributed by atoms with Gasteiger partial charge in [0, 0.05) is 0 Å². The summed E-state index contributed by atoms with van der Waals surface area (Å²) in [7, 11) is 0. The second-order valence-electron chi connectivity index (χ2n) is 7.17. The van der Waals surface area contributed by atoms with E-state index in [9.17, 15) is 18.0 Å². The van der Waals surface area contributed by atoms with E-state index in [4.69, 9.17) is 4.74 Å². The normalized spacial score (nSPS) is 15.0. The molecule has 0 N–H and O–H groups in total. The Morgan fingerprint density at radius 2 is 1.71 bits per heavy atom. The van der Waals surface area contributed by atoms with Crippen LogP contribution in [0.15, 0.2) is 30.3 Å². The molecular weight excluding hydrogens is 317 g/mol. The zero-order valence-corrected chi connectivity index (χ0v) is 14.8. The summed E-state index contributed by atoms with van der Waals surface area (Å²) in [4.78, 5) is 12.2. The van der Waals surface area contributed by atoms with Gasteiger partial charge in [0.2, 0.25) is 0 Å². The molecule has 1 rings (SSSR count). The van der Waals surface area contributed by atoms with Crippen molar-refractivity contribution >= 4 is 5.97 Å². The third-order valence-electron chi connectivity index (χ3n) is 4.23. The van der Waals surface area contributed by atoms with Gasteiger partial charge in [-0.05, 0) is 36.7 Å². The van der Waals surface area contributed by atoms with Crippen LogP contribution < -0.4 is 0 Å². The first-order valence-electron chi connectivity index (χ1n) is 8.32. The summed E-state index contributed by atoms with van der Waals surface area (Å²) in [6.45, 7) is 7.34. The number of halogens is 3. The van der Waals surface area contributed by atoms with Crippen LogP contribution in [-0.4, -0.2) is 18.8 Å². The first-order valence-corrected chi connectivity index (χ1v) is 8.32. The second-order valence-corrected chi connectivity index (χ2v) is 7.17. The van der Waals surface area contributed by atoms with E-state index in [0.29, 0.717) is 12.8 Å². The smallest absolute Gasteiger partial charge is 0.389 e. The molecule has 1 unspecified atom stereocenters. The standard InChI is InChI=1S/C19H27F3O2/c1-5-24-17(23)15(13-19(20,21)22)16(18(2,3)4)12-11-14-9-7-6-8-10-14/h6-10,15-16H,5,11-13H2,1-4H3/t15-,16?/m0/s1. The number of hydrogen-bond donors (Lipinski definition) is 0. The summed E-state index contributed by atoms with van der Waals surface area (Å²) in [6.07, 6.45) is -4.39. The van der Waals surface area contributed by atoms with Crippen molar-refractivity contribution in [2.24, 2.45) is 17.3 Å². The predicted molar refractivity (Wildman–Crippen MR) is 88.5 cm³/mol. The number of rotatable bonds is 7. The van der Waals surface area contributed by atoms with E-state index in [2.05, 4.69) is 0 Å². The topological polar surface area (TPSA) is 26.3 Å². The van der Waals surface area contributed by atoms with E-state index in [0.717, 1.165) is 5.56 Å². The Balaban J connectivity index is 3.00. The van der Waals surface area contributed by atoms with Crippen molar-refractivity contribution in [1.82, 2.24) is 0 Å². The molecule has 0 aliphatic rings. The van der Waals surface area contributed by atoms with Crippen LogP contribution in [0.5, 0.6) is 0 Å². The summed E-state index contributed by atoms with van der Waals surface area (Å²) in [5.74, 6) is -2.34. The molecule has 0 spiro atoms. The highest BCUT2D eigenvalue weighted by Gasteiger charge is 2.44. The van der Waals surface area contributed by atoms with Gasteiger partial charge in [0.05, 0.1) is 18.9 Å². The number of ether oxygens (including phenoxy) is 1. The zero-order chi connectivity index (χ0) is 18.4. The Hall–Kier alpha value is -1.52. The number of alkyl halides is 3. The first kappa shape index (κ1) is 20.5. The molecule has 0 saturated heterocycles. The van der Waals surface area contributed by atoms with Crippen molar-refractivity contribution in [2.75, 3.05) is 6.61 Å². The fourth-order valence-electron chi connectivity index (χ4n) is 3.09. The van der Waals surface area contributed by atoms with Gasteiger partial charge < -0.3 is 4.74 Å². The maximum absolute atomic E-state index is 13.0. The number of hydrogen-bond acceptors (Lipinski definition) is 2. The Bertz CT molecular complexity index is 504. The molecule has 0 aliphatic heterocycles. The quantitative estimate of drug-likeness (QED) is 0.618. The van der Waals surface area contributed by atoms with E-state index in [1.165, 1.54) is 0 Å². The molecular formula is C19H27F3O2. The van der Waals surface area contributed by atoms with Crippen LogP contribution in [0.3, 0.4) is 0 Å². The minimum absolute atomic E-state index is 0.0861. The molecule has 1 aromatic rings. The first-order chi connectivity index (χ1) is 11.0. The molecule has 0 radical (unpaired) electrons. The monoisotopic (exact) mass is 344 g/mol. The highest BCUT2D eigenvalue weighted by atomic mass is 19.4. The summed E-state index contributed by atoms with van der Waals surface area (Å²) in [5.41, 5.74) is 0.624. The minimum Gasteiger partial charge on any atom is -0.466 e. The lowest BCUT2D eigenvalue weighted by Crippen LogP contribution is -2.37. The van der Waals surface area contributed by atoms with Crippen molar-refractivity contribution < 1.29 is 22.7 Å². The Morgan fingerprint density at radius 3 is 2.17 bits per heavy atom. The fraction of sp³-hybridized carbons (Fsp3) is 0.632. The predicted octanol–water partition coefficient (Wildman–Crippen LogP) is 5.41. The van der Waals surface area contributed by atoms with Gasteiger partial charge in [0.15, 0.2) is 0 Å². The van der Waals surface area contributed by atoms with Gasteiger partial charge in [-0.2, -0.15) is 13.2 Å². The number of benzene rings is 1. The number of aryl methyl sites for hydroxylation is 1. The van der Waals surface area contributed by atoms with Crippen LogP contribution in [-0.2, 0) is 16.0 Å². The maximum atomic E-state index is 13.0. The molecule has 136 valence electrons. The lowest BCUT2D eigenvalue weighted by molar-refractivity contribution is -0.175. The van der Waals surface area contributed by atoms with Gasteiger partial charge in [-0.15, -0.1) is 0 Å². The van der Waals surface area contributed by atoms with Crippen molar-refractivity contribution in [3.8, 4) is 0 Å². The molecule has 0 aromatic heterocycles. The average molecular weight is 344 g/mol. The Morgan fingerprint density at radius 1 is 1.12 bits per heavy atom. The molecule has 2 nitrogen and oxygen atoms in total. The van der Waals surface area contributed by atoms with Crippen LogP contribution >= 0.6 is 0 Å². The molecule has 2 atom stereocenters. The van der Waals surface area contributed by atoms with Crippen LogP contribution in [0.2, 0.25) is 0 Å². The maximum Gasteiger partial charge on any atom is 0.389 e. The van der Waals surface area contributed by atoms with Crippen molar-refractivity contribution in [3.63, 3.8) is 0 Å². The third kappa shape index (κ3) is 6.93. The van der Waals surface area contributed by atoms with Gasteiger partial charge in [0.1, 0.15) is 0 Å². The van der Waals surface area contributed by atoms with E-state index in [-0.39, 0.29) is 6.61 Å². The average Bonchev–Trinajstić information content (AvgIpc) is 2.45. The highest BCUT2D eigenvalue weighted by molar-refractivity contribution is 5.73. The van der Waals surface area contributed by atoms with Crippen molar-refractivity contribution in [1.29, 1.82) is 0 Å². The minimum atomic E-state index is -4.40. The molecule has 1 aromatic carbocycles. The van der Waals surface area contributed by atoms with Gasteiger partial charge in [-0.3, -0.25) is 4.79 Å². The van der Waals surface area contributed by atoms with Gasteiger partial charge >= 0.3 is 12.1 Å². The highest BCUT2D eigenvalue weighted by Crippen LogP contribution is 2.41. The molecule has 0 heterocycles. The summed E-state index contributed by atoms with van der Waals surface area (Å²) < 4.78 is 44.0. The van der Waals surface area contributed by atoms with E-state index in [1.807, 2.05) is 51.1 Å². The summed E-state index contributed by atoms with van der Waals surface area (Å²) >= 11 is 0. The van der Waals surface area contributed by atoms with E-state index in [1.54, 1.807) is 6.92 Å². The lowest BCUT2D eigenvalue weighted by atomic mass is 9.69. The molecule has 5 heteroatoms. The summed E-state index contributed by atoms with van der Waals surface area (Å²) in [5, 5.41) is 0. The SMILES string of the molecule is CCOC(=O)[C@@H](CC(F)(F)F)C(CCc1ccccc1)C(C)(C)C. The van der Waals surface area contributed by atoms with Crippen LogP contribution in [0, 0.1) is 17.3 Å². The molecule has 0 aliphatic carbocycles. The van der Waals surface area contributed by atoms with Gasteiger partial charge in [-0.25, -0.2) is 0 Å². The largest absolute Gasteiger partial charge is 0.466 e. The number of esters is 1. The molecule has 0 amide bonds. The zero-order valence-electron chi connectivity index (χ0n) is 14.8. The fourth-order valence-corrected chi connectivity index (χ4v) is 3.09. The van der Waals surface area contributed by atoms with Crippen molar-refractivity contribution in [2.45, 2.75) is 53.1 Å². The van der Waals surface area contributed by atoms with Crippen LogP contribution in [0.1, 0.15) is 46.1 Å². The lowest BCUT2D eigenvalue weighted by Gasteiger charge is -2.36. The molecule has 24 heavy (non-hydrogen) atoms. The van der Waals surface area contributed by atoms with E-state index >= 15 is 0 Å². The second kappa shape index (κ2) is 8.54. The van der Waals surface area contributed by atoms with Gasteiger partial charge in [-0.1, -0.05) is 51.1 Å². The third-order valence-corrected chi connectivity index (χ3v) is 4.23.